The van der Waals surface area contributed by atoms with Crippen LogP contribution >= 0.6 is 11.8 Å². The molecule has 3 heterocycles. The Kier molecular flexibility index (Phi) is 5.48. The average Bonchev–Trinajstić information content (AvgIpc) is 3.39. The number of carbonyl (C=O) groups is 1. The zero-order chi connectivity index (χ0) is 19.7. The molecule has 4 rings (SSSR count). The Balaban J connectivity index is 1.54. The van der Waals surface area contributed by atoms with Gasteiger partial charge in [-0.05, 0) is 36.6 Å². The number of rotatable bonds is 4. The van der Waals surface area contributed by atoms with Gasteiger partial charge in [-0.25, -0.2) is 12.8 Å². The molecule has 0 saturated carbocycles. The van der Waals surface area contributed by atoms with Crippen LogP contribution in [0.3, 0.4) is 0 Å². The summed E-state index contributed by atoms with van der Waals surface area (Å²) >= 11 is 1.74. The Bertz CT molecular complexity index is 953. The summed E-state index contributed by atoms with van der Waals surface area (Å²) < 4.78 is 40.3. The number of sulfonamides is 1. The first kappa shape index (κ1) is 19.5. The van der Waals surface area contributed by atoms with Gasteiger partial charge in [0.15, 0.2) is 0 Å². The van der Waals surface area contributed by atoms with Crippen molar-refractivity contribution in [1.82, 2.24) is 14.2 Å². The smallest absolute Gasteiger partial charge is 0.270 e. The van der Waals surface area contributed by atoms with E-state index in [1.54, 1.807) is 28.8 Å². The molecule has 0 radical (unpaired) electrons. The van der Waals surface area contributed by atoms with Crippen LogP contribution in [0.15, 0.2) is 41.4 Å². The molecule has 1 atom stereocenters. The van der Waals surface area contributed by atoms with Gasteiger partial charge in [-0.2, -0.15) is 16.1 Å². The number of thioether (sulfide) groups is 1. The molecule has 0 aliphatic carbocycles. The Morgan fingerprint density at radius 2 is 1.86 bits per heavy atom. The van der Waals surface area contributed by atoms with Gasteiger partial charge in [-0.15, -0.1) is 0 Å². The highest BCUT2D eigenvalue weighted by Gasteiger charge is 2.33. The van der Waals surface area contributed by atoms with Crippen molar-refractivity contribution >= 4 is 27.7 Å². The third-order valence-electron chi connectivity index (χ3n) is 5.26. The Hall–Kier alpha value is -1.84. The van der Waals surface area contributed by atoms with Crippen LogP contribution in [0.4, 0.5) is 4.39 Å². The van der Waals surface area contributed by atoms with Crippen LogP contribution in [-0.4, -0.2) is 59.7 Å². The zero-order valence-corrected chi connectivity index (χ0v) is 16.9. The molecule has 1 aromatic carbocycles. The van der Waals surface area contributed by atoms with Gasteiger partial charge in [-0.1, -0.05) is 12.1 Å². The number of likely N-dealkylation sites (tertiary alicyclic amines) is 1. The molecule has 0 bridgehead atoms. The molecule has 6 nitrogen and oxygen atoms in total. The fourth-order valence-corrected chi connectivity index (χ4v) is 6.35. The highest BCUT2D eigenvalue weighted by Crippen LogP contribution is 2.33. The van der Waals surface area contributed by atoms with E-state index in [-0.39, 0.29) is 28.4 Å². The second-order valence-corrected chi connectivity index (χ2v) is 10.1. The number of hydrogen-bond donors (Lipinski definition) is 1. The number of halogens is 1. The van der Waals surface area contributed by atoms with Crippen molar-refractivity contribution in [3.05, 3.63) is 53.6 Å². The van der Waals surface area contributed by atoms with Crippen LogP contribution in [0.25, 0.3) is 0 Å². The molecule has 0 spiro atoms. The summed E-state index contributed by atoms with van der Waals surface area (Å²) in [4.78, 5) is 17.7. The molecule has 9 heteroatoms. The van der Waals surface area contributed by atoms with Gasteiger partial charge < -0.3 is 9.88 Å². The van der Waals surface area contributed by atoms with Gasteiger partial charge in [0.05, 0.1) is 6.04 Å². The number of benzene rings is 1. The van der Waals surface area contributed by atoms with E-state index in [4.69, 9.17) is 0 Å². The van der Waals surface area contributed by atoms with Crippen molar-refractivity contribution in [2.24, 2.45) is 0 Å². The number of carbonyl (C=O) groups excluding carboxylic acids is 1. The third-order valence-corrected chi connectivity index (χ3v) is 8.08. The Morgan fingerprint density at radius 1 is 1.14 bits per heavy atom. The van der Waals surface area contributed by atoms with E-state index in [1.165, 1.54) is 28.7 Å². The van der Waals surface area contributed by atoms with Crippen molar-refractivity contribution in [1.29, 1.82) is 0 Å². The normalized spacial score (nSPS) is 21.2. The van der Waals surface area contributed by atoms with Gasteiger partial charge >= 0.3 is 0 Å². The fraction of sp³-hybridized carbons (Fsp3) is 0.421. The lowest BCUT2D eigenvalue weighted by Crippen LogP contribution is -2.37. The maximum Gasteiger partial charge on any atom is 0.270 e. The highest BCUT2D eigenvalue weighted by atomic mass is 32.2. The third kappa shape index (κ3) is 3.70. The van der Waals surface area contributed by atoms with Crippen LogP contribution in [0.1, 0.15) is 34.9 Å². The first-order valence-electron chi connectivity index (χ1n) is 9.29. The Labute approximate surface area is 168 Å². The number of H-pyrrole nitrogens is 1. The van der Waals surface area contributed by atoms with Crippen LogP contribution in [0.2, 0.25) is 0 Å². The number of hydrogen-bond acceptors (Lipinski definition) is 4. The van der Waals surface area contributed by atoms with E-state index in [1.807, 2.05) is 0 Å². The van der Waals surface area contributed by atoms with E-state index >= 15 is 0 Å². The molecule has 1 aromatic heterocycles. The maximum absolute atomic E-state index is 13.2. The summed E-state index contributed by atoms with van der Waals surface area (Å²) in [6.45, 7) is 1.56. The second kappa shape index (κ2) is 7.88. The summed E-state index contributed by atoms with van der Waals surface area (Å²) in [5.74, 6) is 1.02. The molecule has 2 fully saturated rings. The van der Waals surface area contributed by atoms with Gasteiger partial charge in [0.25, 0.3) is 5.91 Å². The molecule has 1 N–H and O–H groups in total. The van der Waals surface area contributed by atoms with Gasteiger partial charge in [-0.3, -0.25) is 4.79 Å². The topological polar surface area (TPSA) is 73.5 Å². The van der Waals surface area contributed by atoms with E-state index in [2.05, 4.69) is 4.98 Å². The molecule has 2 aliphatic rings. The minimum atomic E-state index is -3.59. The number of aromatic amines is 1. The van der Waals surface area contributed by atoms with Crippen molar-refractivity contribution in [3.63, 3.8) is 0 Å². The number of nitrogens with one attached hydrogen (secondary N) is 1. The first-order valence-corrected chi connectivity index (χ1v) is 11.9. The molecule has 2 aliphatic heterocycles. The summed E-state index contributed by atoms with van der Waals surface area (Å²) in [5.41, 5.74) is 1.15. The summed E-state index contributed by atoms with van der Waals surface area (Å²) in [7, 11) is -3.59. The summed E-state index contributed by atoms with van der Waals surface area (Å²) in [6.07, 6.45) is 3.05. The van der Waals surface area contributed by atoms with E-state index in [0.29, 0.717) is 19.6 Å². The predicted molar refractivity (Wildman–Crippen MR) is 106 cm³/mol. The lowest BCUT2D eigenvalue weighted by Gasteiger charge is -2.25. The van der Waals surface area contributed by atoms with E-state index in [0.717, 1.165) is 29.9 Å². The van der Waals surface area contributed by atoms with Crippen molar-refractivity contribution in [2.75, 3.05) is 31.1 Å². The second-order valence-electron chi connectivity index (χ2n) is 6.97. The SMILES string of the molecule is O=C(c1cc(S(=O)(=O)N2CCSCC2)c[nH]1)N1CCCC1c1ccc(F)cc1. The standard InChI is InChI=1S/C19H22FN3O3S2/c20-15-5-3-14(4-6-15)18-2-1-7-23(18)19(24)17-12-16(13-21-17)28(25,26)22-8-10-27-11-9-22/h3-6,12-13,18,21H,1-2,7-11H2. The minimum Gasteiger partial charge on any atom is -0.356 e. The molecule has 1 unspecified atom stereocenters. The van der Waals surface area contributed by atoms with Gasteiger partial charge in [0.1, 0.15) is 16.4 Å². The van der Waals surface area contributed by atoms with Crippen molar-refractivity contribution in [2.45, 2.75) is 23.8 Å². The molecule has 28 heavy (non-hydrogen) atoms. The van der Waals surface area contributed by atoms with Crippen molar-refractivity contribution < 1.29 is 17.6 Å². The summed E-state index contributed by atoms with van der Waals surface area (Å²) in [5, 5.41) is 0. The monoisotopic (exact) mass is 423 g/mol. The average molecular weight is 424 g/mol. The molecule has 2 aromatic rings. The molecular formula is C19H22FN3O3S2. The molecule has 150 valence electrons. The maximum atomic E-state index is 13.2. The van der Waals surface area contributed by atoms with Gasteiger partial charge in [0, 0.05) is 37.3 Å². The minimum absolute atomic E-state index is 0.125. The van der Waals surface area contributed by atoms with Crippen LogP contribution < -0.4 is 0 Å². The van der Waals surface area contributed by atoms with E-state index < -0.39 is 10.0 Å². The molecular weight excluding hydrogens is 401 g/mol. The van der Waals surface area contributed by atoms with Crippen molar-refractivity contribution in [3.8, 4) is 0 Å². The fourth-order valence-electron chi connectivity index (χ4n) is 3.78. The van der Waals surface area contributed by atoms with Crippen LogP contribution in [-0.2, 0) is 10.0 Å². The largest absolute Gasteiger partial charge is 0.356 e. The lowest BCUT2D eigenvalue weighted by molar-refractivity contribution is 0.0730. The quantitative estimate of drug-likeness (QED) is 0.821. The summed E-state index contributed by atoms with van der Waals surface area (Å²) in [6, 6.07) is 7.49. The van der Waals surface area contributed by atoms with E-state index in [9.17, 15) is 17.6 Å². The number of nitrogens with zero attached hydrogens (tertiary/aromatic N) is 2. The lowest BCUT2D eigenvalue weighted by atomic mass is 10.0. The van der Waals surface area contributed by atoms with Crippen LogP contribution in [0, 0.1) is 5.82 Å². The zero-order valence-electron chi connectivity index (χ0n) is 15.3. The first-order chi connectivity index (χ1) is 13.5. The number of amides is 1. The van der Waals surface area contributed by atoms with Gasteiger partial charge in [0.2, 0.25) is 10.0 Å². The highest BCUT2D eigenvalue weighted by molar-refractivity contribution is 7.99. The number of aromatic nitrogens is 1. The van der Waals surface area contributed by atoms with Crippen LogP contribution in [0.5, 0.6) is 0 Å². The molecule has 2 saturated heterocycles. The Morgan fingerprint density at radius 3 is 2.57 bits per heavy atom. The predicted octanol–water partition coefficient (Wildman–Crippen LogP) is 2.87. The molecule has 1 amide bonds.